The lowest BCUT2D eigenvalue weighted by atomic mass is 10.1. The molecule has 0 atom stereocenters. The first-order valence-electron chi connectivity index (χ1n) is 6.90. The van der Waals surface area contributed by atoms with E-state index in [1.165, 1.54) is 0 Å². The molecule has 0 unspecified atom stereocenters. The summed E-state index contributed by atoms with van der Waals surface area (Å²) >= 11 is 0. The fraction of sp³-hybridized carbons (Fsp3) is 0.267. The first-order valence-corrected chi connectivity index (χ1v) is 6.90. The first kappa shape index (κ1) is 13.4. The zero-order valence-corrected chi connectivity index (χ0v) is 11.6. The largest absolute Gasteiger partial charge is 0.399 e. The van der Waals surface area contributed by atoms with Crippen molar-refractivity contribution in [2.45, 2.75) is 0 Å². The van der Waals surface area contributed by atoms with Crippen LogP contribution in [0.2, 0.25) is 0 Å². The van der Waals surface area contributed by atoms with Gasteiger partial charge >= 0.3 is 0 Å². The van der Waals surface area contributed by atoms with Gasteiger partial charge in [0.15, 0.2) is 0 Å². The van der Waals surface area contributed by atoms with E-state index in [-0.39, 0.29) is 5.91 Å². The molecule has 3 rings (SSSR count). The Bertz CT molecular complexity index is 606. The highest BCUT2D eigenvalue weighted by atomic mass is 16.2. The fourth-order valence-corrected chi connectivity index (χ4v) is 2.40. The van der Waals surface area contributed by atoms with Crippen molar-refractivity contribution in [1.29, 1.82) is 0 Å². The van der Waals surface area contributed by atoms with Crippen LogP contribution in [0, 0.1) is 0 Å². The van der Waals surface area contributed by atoms with Crippen molar-refractivity contribution >= 4 is 17.4 Å². The summed E-state index contributed by atoms with van der Waals surface area (Å²) in [5.74, 6) is 0.908. The lowest BCUT2D eigenvalue weighted by Crippen LogP contribution is -2.49. The Balaban J connectivity index is 1.63. The van der Waals surface area contributed by atoms with Gasteiger partial charge in [0.25, 0.3) is 5.91 Å². The van der Waals surface area contributed by atoms with Crippen LogP contribution in [0.5, 0.6) is 0 Å². The fourth-order valence-electron chi connectivity index (χ4n) is 2.40. The summed E-state index contributed by atoms with van der Waals surface area (Å²) in [6, 6.07) is 7.05. The number of anilines is 2. The van der Waals surface area contributed by atoms with Crippen LogP contribution in [0.15, 0.2) is 42.9 Å². The zero-order valence-electron chi connectivity index (χ0n) is 11.6. The second kappa shape index (κ2) is 5.78. The van der Waals surface area contributed by atoms with Gasteiger partial charge in [0, 0.05) is 49.8 Å². The smallest absolute Gasteiger partial charge is 0.253 e. The molecule has 0 saturated carbocycles. The van der Waals surface area contributed by atoms with Crippen LogP contribution in [0.3, 0.4) is 0 Å². The molecule has 1 amide bonds. The van der Waals surface area contributed by atoms with E-state index in [1.54, 1.807) is 42.9 Å². The van der Waals surface area contributed by atoms with Gasteiger partial charge in [-0.1, -0.05) is 0 Å². The Hall–Kier alpha value is -2.63. The van der Waals surface area contributed by atoms with Gasteiger partial charge in [-0.2, -0.15) is 0 Å². The van der Waals surface area contributed by atoms with Crippen LogP contribution in [-0.4, -0.2) is 47.0 Å². The molecule has 1 aliphatic heterocycles. The molecule has 108 valence electrons. The van der Waals surface area contributed by atoms with Crippen LogP contribution in [0.4, 0.5) is 11.5 Å². The number of piperazine rings is 1. The van der Waals surface area contributed by atoms with Crippen LogP contribution < -0.4 is 10.6 Å². The number of amides is 1. The average Bonchev–Trinajstić information content (AvgIpc) is 2.56. The molecule has 6 nitrogen and oxygen atoms in total. The number of carbonyl (C=O) groups is 1. The summed E-state index contributed by atoms with van der Waals surface area (Å²) in [6.45, 7) is 2.89. The maximum Gasteiger partial charge on any atom is 0.253 e. The van der Waals surface area contributed by atoms with Crippen molar-refractivity contribution in [3.05, 3.63) is 48.4 Å². The third-order valence-corrected chi connectivity index (χ3v) is 3.60. The van der Waals surface area contributed by atoms with Gasteiger partial charge in [-0.3, -0.25) is 9.78 Å². The highest BCUT2D eigenvalue weighted by Crippen LogP contribution is 2.14. The maximum absolute atomic E-state index is 12.4. The van der Waals surface area contributed by atoms with E-state index < -0.39 is 0 Å². The highest BCUT2D eigenvalue weighted by Gasteiger charge is 2.22. The summed E-state index contributed by atoms with van der Waals surface area (Å²) < 4.78 is 0. The second-order valence-electron chi connectivity index (χ2n) is 4.96. The number of nitrogens with zero attached hydrogens (tertiary/aromatic N) is 4. The van der Waals surface area contributed by atoms with Crippen molar-refractivity contribution in [2.24, 2.45) is 0 Å². The molecule has 0 bridgehead atoms. The van der Waals surface area contributed by atoms with Gasteiger partial charge in [-0.05, 0) is 24.3 Å². The SMILES string of the molecule is Nc1ccc(C(=O)N2CCN(c3cnccn3)CC2)cc1. The normalized spacial score (nSPS) is 15.0. The van der Waals surface area contributed by atoms with Crippen LogP contribution >= 0.6 is 0 Å². The molecule has 1 aliphatic rings. The molecule has 6 heteroatoms. The molecule has 2 N–H and O–H groups in total. The minimum atomic E-state index is 0.0498. The van der Waals surface area contributed by atoms with Crippen LogP contribution in [0.1, 0.15) is 10.4 Å². The summed E-state index contributed by atoms with van der Waals surface area (Å²) in [5.41, 5.74) is 6.99. The van der Waals surface area contributed by atoms with E-state index in [0.717, 1.165) is 18.9 Å². The summed E-state index contributed by atoms with van der Waals surface area (Å²) in [4.78, 5) is 24.8. The number of hydrogen-bond acceptors (Lipinski definition) is 5. The molecule has 2 heterocycles. The standard InChI is InChI=1S/C15H17N5O/c16-13-3-1-12(2-4-13)15(21)20-9-7-19(8-10-20)14-11-17-5-6-18-14/h1-6,11H,7-10,16H2. The van der Waals surface area contributed by atoms with Crippen LogP contribution in [-0.2, 0) is 0 Å². The zero-order chi connectivity index (χ0) is 14.7. The lowest BCUT2D eigenvalue weighted by Gasteiger charge is -2.35. The first-order chi connectivity index (χ1) is 10.2. The lowest BCUT2D eigenvalue weighted by molar-refractivity contribution is 0.0746. The van der Waals surface area contributed by atoms with Crippen LogP contribution in [0.25, 0.3) is 0 Å². The predicted octanol–water partition coefficient (Wildman–Crippen LogP) is 1.02. The Morgan fingerprint density at radius 1 is 1.05 bits per heavy atom. The summed E-state index contributed by atoms with van der Waals surface area (Å²) in [7, 11) is 0. The Labute approximate surface area is 123 Å². The minimum absolute atomic E-state index is 0.0498. The van der Waals surface area contributed by atoms with Gasteiger partial charge in [-0.25, -0.2) is 4.98 Å². The second-order valence-corrected chi connectivity index (χ2v) is 4.96. The third kappa shape index (κ3) is 2.94. The Kier molecular flexibility index (Phi) is 3.68. The van der Waals surface area contributed by atoms with E-state index >= 15 is 0 Å². The van der Waals surface area contributed by atoms with Crippen molar-refractivity contribution in [2.75, 3.05) is 36.8 Å². The summed E-state index contributed by atoms with van der Waals surface area (Å²) in [6.07, 6.45) is 5.09. The number of aromatic nitrogens is 2. The third-order valence-electron chi connectivity index (χ3n) is 3.60. The molecular formula is C15H17N5O. The Morgan fingerprint density at radius 2 is 1.76 bits per heavy atom. The van der Waals surface area contributed by atoms with Gasteiger partial charge in [0.1, 0.15) is 5.82 Å². The summed E-state index contributed by atoms with van der Waals surface area (Å²) in [5, 5.41) is 0. The van der Waals surface area contributed by atoms with Crippen molar-refractivity contribution in [3.8, 4) is 0 Å². The van der Waals surface area contributed by atoms with Gasteiger partial charge in [0.2, 0.25) is 0 Å². The molecule has 2 aromatic rings. The number of nitrogens with two attached hydrogens (primary N) is 1. The maximum atomic E-state index is 12.4. The van der Waals surface area contributed by atoms with Crippen molar-refractivity contribution in [1.82, 2.24) is 14.9 Å². The van der Waals surface area contributed by atoms with Gasteiger partial charge in [0.05, 0.1) is 6.20 Å². The molecule has 0 spiro atoms. The minimum Gasteiger partial charge on any atom is -0.399 e. The van der Waals surface area contributed by atoms with E-state index in [4.69, 9.17) is 5.73 Å². The van der Waals surface area contributed by atoms with E-state index in [2.05, 4.69) is 14.9 Å². The number of hydrogen-bond donors (Lipinski definition) is 1. The monoisotopic (exact) mass is 283 g/mol. The predicted molar refractivity (Wildman–Crippen MR) is 81.0 cm³/mol. The van der Waals surface area contributed by atoms with E-state index in [0.29, 0.717) is 24.3 Å². The van der Waals surface area contributed by atoms with Gasteiger partial charge < -0.3 is 15.5 Å². The quantitative estimate of drug-likeness (QED) is 0.833. The van der Waals surface area contributed by atoms with Gasteiger partial charge in [-0.15, -0.1) is 0 Å². The molecule has 1 fully saturated rings. The topological polar surface area (TPSA) is 75.4 Å². The highest BCUT2D eigenvalue weighted by molar-refractivity contribution is 5.94. The van der Waals surface area contributed by atoms with Crippen molar-refractivity contribution < 1.29 is 4.79 Å². The van der Waals surface area contributed by atoms with E-state index in [1.807, 2.05) is 4.90 Å². The molecule has 1 aromatic carbocycles. The molecule has 21 heavy (non-hydrogen) atoms. The average molecular weight is 283 g/mol. The number of rotatable bonds is 2. The molecule has 0 aliphatic carbocycles. The molecule has 1 saturated heterocycles. The van der Waals surface area contributed by atoms with E-state index in [9.17, 15) is 4.79 Å². The van der Waals surface area contributed by atoms with Crippen molar-refractivity contribution in [3.63, 3.8) is 0 Å². The number of carbonyl (C=O) groups excluding carboxylic acids is 1. The molecular weight excluding hydrogens is 266 g/mol. The number of nitrogen functional groups attached to an aromatic ring is 1. The molecule has 1 aromatic heterocycles. The molecule has 0 radical (unpaired) electrons. The number of benzene rings is 1. The Morgan fingerprint density at radius 3 is 2.38 bits per heavy atom.